The lowest BCUT2D eigenvalue weighted by Crippen LogP contribution is -2.11. The van der Waals surface area contributed by atoms with Crippen LogP contribution in [0, 0.1) is 6.92 Å². The molecule has 0 atom stereocenters. The van der Waals surface area contributed by atoms with Crippen LogP contribution in [0.15, 0.2) is 36.6 Å². The molecule has 3 nitrogen and oxygen atoms in total. The monoisotopic (exact) mass is 233 g/mol. The second-order valence-corrected chi connectivity index (χ2v) is 3.86. The minimum atomic E-state index is -0.452. The molecular weight excluding hydrogens is 214 g/mol. The van der Waals surface area contributed by atoms with Gasteiger partial charge < -0.3 is 4.74 Å². The van der Waals surface area contributed by atoms with Gasteiger partial charge in [-0.15, -0.1) is 0 Å². The van der Waals surface area contributed by atoms with Gasteiger partial charge >= 0.3 is 6.09 Å². The number of allylic oxidation sites excluding steroid dienone is 1. The number of nitrogens with one attached hydrogen (secondary N) is 1. The van der Waals surface area contributed by atoms with E-state index in [9.17, 15) is 4.79 Å². The number of anilines is 1. The summed E-state index contributed by atoms with van der Waals surface area (Å²) in [6.07, 6.45) is 6.05. The van der Waals surface area contributed by atoms with E-state index < -0.39 is 6.09 Å². The van der Waals surface area contributed by atoms with Crippen LogP contribution >= 0.6 is 0 Å². The zero-order valence-electron chi connectivity index (χ0n) is 10.4. The quantitative estimate of drug-likeness (QED) is 0.610. The van der Waals surface area contributed by atoms with Crippen LogP contribution in [0.5, 0.6) is 0 Å². The number of hydrogen-bond acceptors (Lipinski definition) is 2. The Morgan fingerprint density at radius 2 is 2.18 bits per heavy atom. The highest BCUT2D eigenvalue weighted by Gasteiger charge is 2.02. The van der Waals surface area contributed by atoms with Gasteiger partial charge in [-0.25, -0.2) is 4.79 Å². The standard InChI is InChI=1S/C14H19NO2/c1-3-4-5-8-11-17-14(16)15-13-10-7-6-9-12(13)2/h6-11H,3-5H2,1-2H3,(H,15,16)/b11-8+. The Hall–Kier alpha value is -1.77. The van der Waals surface area contributed by atoms with Crippen LogP contribution in [0.2, 0.25) is 0 Å². The summed E-state index contributed by atoms with van der Waals surface area (Å²) >= 11 is 0. The summed E-state index contributed by atoms with van der Waals surface area (Å²) in [5.74, 6) is 0. The van der Waals surface area contributed by atoms with Gasteiger partial charge in [0.15, 0.2) is 0 Å². The first-order valence-corrected chi connectivity index (χ1v) is 5.92. The molecule has 1 aromatic rings. The molecule has 0 aliphatic carbocycles. The molecule has 0 heterocycles. The summed E-state index contributed by atoms with van der Waals surface area (Å²) < 4.78 is 4.92. The Labute approximate surface area is 102 Å². The number of amides is 1. The first kappa shape index (κ1) is 13.3. The molecule has 1 amide bonds. The lowest BCUT2D eigenvalue weighted by molar-refractivity contribution is 0.200. The van der Waals surface area contributed by atoms with E-state index in [-0.39, 0.29) is 0 Å². The van der Waals surface area contributed by atoms with E-state index in [1.807, 2.05) is 37.3 Å². The molecule has 0 aliphatic heterocycles. The first-order valence-electron chi connectivity index (χ1n) is 5.92. The van der Waals surface area contributed by atoms with Gasteiger partial charge in [-0.05, 0) is 37.5 Å². The van der Waals surface area contributed by atoms with Crippen LogP contribution in [0.1, 0.15) is 31.7 Å². The van der Waals surface area contributed by atoms with Crippen LogP contribution in [-0.4, -0.2) is 6.09 Å². The molecule has 1 rings (SSSR count). The Balaban J connectivity index is 2.35. The van der Waals surface area contributed by atoms with E-state index >= 15 is 0 Å². The van der Waals surface area contributed by atoms with E-state index in [0.29, 0.717) is 0 Å². The van der Waals surface area contributed by atoms with Gasteiger partial charge in [0.25, 0.3) is 0 Å². The van der Waals surface area contributed by atoms with Gasteiger partial charge in [0.1, 0.15) is 0 Å². The van der Waals surface area contributed by atoms with Crippen molar-refractivity contribution in [2.24, 2.45) is 0 Å². The van der Waals surface area contributed by atoms with E-state index in [1.54, 1.807) is 0 Å². The van der Waals surface area contributed by atoms with Gasteiger partial charge in [-0.1, -0.05) is 31.5 Å². The highest BCUT2D eigenvalue weighted by atomic mass is 16.5. The number of benzene rings is 1. The summed E-state index contributed by atoms with van der Waals surface area (Å²) in [6.45, 7) is 4.06. The summed E-state index contributed by atoms with van der Waals surface area (Å²) in [6, 6.07) is 7.58. The average Bonchev–Trinajstić information content (AvgIpc) is 2.32. The van der Waals surface area contributed by atoms with Crippen molar-refractivity contribution in [2.75, 3.05) is 5.32 Å². The molecule has 0 fully saturated rings. The molecular formula is C14H19NO2. The predicted molar refractivity (Wildman–Crippen MR) is 69.9 cm³/mol. The van der Waals surface area contributed by atoms with Crippen molar-refractivity contribution in [1.82, 2.24) is 0 Å². The maximum absolute atomic E-state index is 11.4. The Kier molecular flexibility index (Phi) is 5.86. The SMILES string of the molecule is CCCC/C=C/OC(=O)Nc1ccccc1C. The number of carbonyl (C=O) groups excluding carboxylic acids is 1. The average molecular weight is 233 g/mol. The molecule has 17 heavy (non-hydrogen) atoms. The molecule has 0 radical (unpaired) electrons. The number of aryl methyl sites for hydroxylation is 1. The molecule has 3 heteroatoms. The third-order valence-electron chi connectivity index (χ3n) is 2.38. The molecule has 92 valence electrons. The number of hydrogen-bond donors (Lipinski definition) is 1. The minimum Gasteiger partial charge on any atom is -0.418 e. The molecule has 0 unspecified atom stereocenters. The topological polar surface area (TPSA) is 38.3 Å². The van der Waals surface area contributed by atoms with Crippen molar-refractivity contribution in [1.29, 1.82) is 0 Å². The van der Waals surface area contributed by atoms with Gasteiger partial charge in [-0.3, -0.25) is 5.32 Å². The number of rotatable bonds is 5. The van der Waals surface area contributed by atoms with Gasteiger partial charge in [0, 0.05) is 5.69 Å². The fraction of sp³-hybridized carbons (Fsp3) is 0.357. The maximum atomic E-state index is 11.4. The molecule has 1 N–H and O–H groups in total. The van der Waals surface area contributed by atoms with Crippen molar-refractivity contribution in [2.45, 2.75) is 33.1 Å². The molecule has 0 saturated carbocycles. The molecule has 0 bridgehead atoms. The molecule has 0 saturated heterocycles. The second-order valence-electron chi connectivity index (χ2n) is 3.86. The fourth-order valence-electron chi connectivity index (χ4n) is 1.35. The second kappa shape index (κ2) is 7.49. The number of para-hydroxylation sites is 1. The van der Waals surface area contributed by atoms with Crippen molar-refractivity contribution < 1.29 is 9.53 Å². The molecule has 0 spiro atoms. The first-order chi connectivity index (χ1) is 8.24. The zero-order chi connectivity index (χ0) is 12.5. The van der Waals surface area contributed by atoms with Crippen molar-refractivity contribution >= 4 is 11.8 Å². The Morgan fingerprint density at radius 1 is 1.41 bits per heavy atom. The van der Waals surface area contributed by atoms with Crippen LogP contribution in [0.3, 0.4) is 0 Å². The molecule has 0 aliphatic rings. The normalized spacial score (nSPS) is 10.5. The van der Waals surface area contributed by atoms with E-state index in [2.05, 4.69) is 12.2 Å². The smallest absolute Gasteiger partial charge is 0.416 e. The molecule has 1 aromatic carbocycles. The summed E-state index contributed by atoms with van der Waals surface area (Å²) in [7, 11) is 0. The lowest BCUT2D eigenvalue weighted by Gasteiger charge is -2.06. The van der Waals surface area contributed by atoms with E-state index in [4.69, 9.17) is 4.74 Å². The van der Waals surface area contributed by atoms with Crippen LogP contribution in [0.25, 0.3) is 0 Å². The summed E-state index contributed by atoms with van der Waals surface area (Å²) in [5, 5.41) is 2.69. The van der Waals surface area contributed by atoms with E-state index in [0.717, 1.165) is 30.5 Å². The van der Waals surface area contributed by atoms with Gasteiger partial charge in [0.05, 0.1) is 6.26 Å². The van der Waals surface area contributed by atoms with Crippen molar-refractivity contribution in [3.8, 4) is 0 Å². The third kappa shape index (κ3) is 5.20. The summed E-state index contributed by atoms with van der Waals surface area (Å²) in [4.78, 5) is 11.4. The van der Waals surface area contributed by atoms with Crippen LogP contribution in [-0.2, 0) is 4.74 Å². The van der Waals surface area contributed by atoms with Gasteiger partial charge in [-0.2, -0.15) is 0 Å². The summed E-state index contributed by atoms with van der Waals surface area (Å²) in [5.41, 5.74) is 1.79. The van der Waals surface area contributed by atoms with Crippen molar-refractivity contribution in [3.05, 3.63) is 42.2 Å². The van der Waals surface area contributed by atoms with Crippen LogP contribution in [0.4, 0.5) is 10.5 Å². The van der Waals surface area contributed by atoms with E-state index in [1.165, 1.54) is 6.26 Å². The molecule has 0 aromatic heterocycles. The zero-order valence-corrected chi connectivity index (χ0v) is 10.4. The predicted octanol–water partition coefficient (Wildman–Crippen LogP) is 4.25. The Morgan fingerprint density at radius 3 is 2.88 bits per heavy atom. The fourth-order valence-corrected chi connectivity index (χ4v) is 1.35. The number of ether oxygens (including phenoxy) is 1. The third-order valence-corrected chi connectivity index (χ3v) is 2.38. The highest BCUT2D eigenvalue weighted by Crippen LogP contribution is 2.13. The lowest BCUT2D eigenvalue weighted by atomic mass is 10.2. The number of unbranched alkanes of at least 4 members (excludes halogenated alkanes) is 2. The van der Waals surface area contributed by atoms with Gasteiger partial charge in [0.2, 0.25) is 0 Å². The Bertz CT molecular complexity index is 386. The largest absolute Gasteiger partial charge is 0.418 e. The van der Waals surface area contributed by atoms with Crippen molar-refractivity contribution in [3.63, 3.8) is 0 Å². The minimum absolute atomic E-state index is 0.452. The highest BCUT2D eigenvalue weighted by molar-refractivity contribution is 5.85. The maximum Gasteiger partial charge on any atom is 0.416 e. The number of carbonyl (C=O) groups is 1. The van der Waals surface area contributed by atoms with Crippen LogP contribution < -0.4 is 5.32 Å².